The average Bonchev–Trinajstić information content (AvgIpc) is 2.61. The second-order valence-corrected chi connectivity index (χ2v) is 5.07. The van der Waals surface area contributed by atoms with Gasteiger partial charge in [-0.25, -0.2) is 0 Å². The minimum Gasteiger partial charge on any atom is -0.407 e. The van der Waals surface area contributed by atoms with E-state index >= 15 is 0 Å². The molecular formula is C11H20N4O. The van der Waals surface area contributed by atoms with E-state index in [1.807, 2.05) is 0 Å². The lowest BCUT2D eigenvalue weighted by Gasteiger charge is -2.02. The number of aromatic nitrogens is 2. The lowest BCUT2D eigenvalue weighted by atomic mass is 10.2. The van der Waals surface area contributed by atoms with Crippen molar-refractivity contribution in [1.29, 1.82) is 0 Å². The third kappa shape index (κ3) is 2.72. The lowest BCUT2D eigenvalue weighted by molar-refractivity contribution is 0.474. The first-order valence-corrected chi connectivity index (χ1v) is 5.91. The molecule has 1 aromatic heterocycles. The standard InChI is InChI=1S/C11H20N4O/c1-4-5-12-7-9-14-15-10(16-9)13-8-6-11(8,2)3/h8,12H,4-7H2,1-3H3,(H,13,15). The average molecular weight is 224 g/mol. The van der Waals surface area contributed by atoms with Crippen LogP contribution in [0.15, 0.2) is 4.42 Å². The first-order valence-electron chi connectivity index (χ1n) is 5.91. The number of hydrogen-bond donors (Lipinski definition) is 2. The SMILES string of the molecule is CCCNCc1nnc(NC2CC2(C)C)o1. The molecule has 1 aliphatic carbocycles. The van der Waals surface area contributed by atoms with Crippen LogP contribution in [0.3, 0.4) is 0 Å². The summed E-state index contributed by atoms with van der Waals surface area (Å²) in [7, 11) is 0. The lowest BCUT2D eigenvalue weighted by Crippen LogP contribution is -2.13. The summed E-state index contributed by atoms with van der Waals surface area (Å²) in [4.78, 5) is 0. The second kappa shape index (κ2) is 4.41. The molecule has 2 rings (SSSR count). The van der Waals surface area contributed by atoms with Crippen LogP contribution in [0.5, 0.6) is 0 Å². The minimum absolute atomic E-state index is 0.370. The van der Waals surface area contributed by atoms with Gasteiger partial charge in [-0.2, -0.15) is 0 Å². The van der Waals surface area contributed by atoms with Crippen LogP contribution in [0.4, 0.5) is 6.01 Å². The molecule has 5 nitrogen and oxygen atoms in total. The Morgan fingerprint density at radius 2 is 2.19 bits per heavy atom. The van der Waals surface area contributed by atoms with E-state index < -0.39 is 0 Å². The van der Waals surface area contributed by atoms with E-state index in [4.69, 9.17) is 4.42 Å². The van der Waals surface area contributed by atoms with Crippen molar-refractivity contribution in [3.63, 3.8) is 0 Å². The topological polar surface area (TPSA) is 63.0 Å². The van der Waals surface area contributed by atoms with Crippen LogP contribution in [0.1, 0.15) is 39.5 Å². The molecule has 0 aromatic carbocycles. The van der Waals surface area contributed by atoms with E-state index in [0.29, 0.717) is 29.9 Å². The van der Waals surface area contributed by atoms with E-state index in [9.17, 15) is 0 Å². The van der Waals surface area contributed by atoms with Gasteiger partial charge in [-0.1, -0.05) is 25.9 Å². The maximum Gasteiger partial charge on any atom is 0.315 e. The van der Waals surface area contributed by atoms with E-state index in [2.05, 4.69) is 41.6 Å². The predicted molar refractivity (Wildman–Crippen MR) is 62.1 cm³/mol. The second-order valence-electron chi connectivity index (χ2n) is 5.07. The summed E-state index contributed by atoms with van der Waals surface area (Å²) < 4.78 is 5.48. The summed E-state index contributed by atoms with van der Waals surface area (Å²) in [5.74, 6) is 0.648. The van der Waals surface area contributed by atoms with Gasteiger partial charge < -0.3 is 15.1 Å². The third-order valence-corrected chi connectivity index (χ3v) is 2.98. The fourth-order valence-electron chi connectivity index (χ4n) is 1.62. The molecule has 0 amide bonds. The van der Waals surface area contributed by atoms with Gasteiger partial charge in [0.2, 0.25) is 5.89 Å². The predicted octanol–water partition coefficient (Wildman–Crippen LogP) is 1.78. The molecule has 1 aliphatic rings. The van der Waals surface area contributed by atoms with Crippen molar-refractivity contribution in [2.75, 3.05) is 11.9 Å². The van der Waals surface area contributed by atoms with Crippen molar-refractivity contribution in [2.45, 2.75) is 46.2 Å². The van der Waals surface area contributed by atoms with Crippen molar-refractivity contribution in [1.82, 2.24) is 15.5 Å². The van der Waals surface area contributed by atoms with Gasteiger partial charge in [-0.15, -0.1) is 5.10 Å². The zero-order chi connectivity index (χ0) is 11.6. The van der Waals surface area contributed by atoms with Gasteiger partial charge in [-0.3, -0.25) is 0 Å². The van der Waals surface area contributed by atoms with Gasteiger partial charge in [0.05, 0.1) is 6.54 Å². The van der Waals surface area contributed by atoms with Crippen LogP contribution in [0.2, 0.25) is 0 Å². The number of nitrogens with zero attached hydrogens (tertiary/aromatic N) is 2. The number of anilines is 1. The van der Waals surface area contributed by atoms with Gasteiger partial charge in [0.25, 0.3) is 0 Å². The summed E-state index contributed by atoms with van der Waals surface area (Å²) in [5.41, 5.74) is 0.370. The fourth-order valence-corrected chi connectivity index (χ4v) is 1.62. The Bertz CT molecular complexity index is 348. The molecule has 1 heterocycles. The van der Waals surface area contributed by atoms with Crippen molar-refractivity contribution < 1.29 is 4.42 Å². The number of rotatable bonds is 6. The highest BCUT2D eigenvalue weighted by molar-refractivity contribution is 5.26. The zero-order valence-corrected chi connectivity index (χ0v) is 10.2. The van der Waals surface area contributed by atoms with Crippen molar-refractivity contribution >= 4 is 6.01 Å². The molecule has 5 heteroatoms. The van der Waals surface area contributed by atoms with Gasteiger partial charge >= 0.3 is 6.01 Å². The minimum atomic E-state index is 0.370. The number of hydrogen-bond acceptors (Lipinski definition) is 5. The summed E-state index contributed by atoms with van der Waals surface area (Å²) >= 11 is 0. The van der Waals surface area contributed by atoms with E-state index in [1.165, 1.54) is 6.42 Å². The monoisotopic (exact) mass is 224 g/mol. The van der Waals surface area contributed by atoms with Crippen molar-refractivity contribution in [2.24, 2.45) is 5.41 Å². The van der Waals surface area contributed by atoms with Gasteiger partial charge in [0.15, 0.2) is 0 Å². The van der Waals surface area contributed by atoms with E-state index in [0.717, 1.165) is 13.0 Å². The fraction of sp³-hybridized carbons (Fsp3) is 0.818. The Morgan fingerprint density at radius 1 is 1.44 bits per heavy atom. The highest BCUT2D eigenvalue weighted by Gasteiger charge is 2.46. The van der Waals surface area contributed by atoms with Gasteiger partial charge in [0.1, 0.15) is 0 Å². The zero-order valence-electron chi connectivity index (χ0n) is 10.2. The number of nitrogens with one attached hydrogen (secondary N) is 2. The maximum atomic E-state index is 5.48. The molecular weight excluding hydrogens is 204 g/mol. The molecule has 1 atom stereocenters. The molecule has 2 N–H and O–H groups in total. The maximum absolute atomic E-state index is 5.48. The summed E-state index contributed by atoms with van der Waals surface area (Å²) in [5, 5.41) is 14.4. The molecule has 16 heavy (non-hydrogen) atoms. The first-order chi connectivity index (χ1) is 7.62. The van der Waals surface area contributed by atoms with E-state index in [1.54, 1.807) is 0 Å². The Morgan fingerprint density at radius 3 is 2.81 bits per heavy atom. The molecule has 1 aromatic rings. The summed E-state index contributed by atoms with van der Waals surface area (Å²) in [6.07, 6.45) is 2.27. The molecule has 0 aliphatic heterocycles. The summed E-state index contributed by atoms with van der Waals surface area (Å²) in [6.45, 7) is 8.20. The smallest absolute Gasteiger partial charge is 0.315 e. The van der Waals surface area contributed by atoms with Crippen molar-refractivity contribution in [3.05, 3.63) is 5.89 Å². The Hall–Kier alpha value is -1.10. The van der Waals surface area contributed by atoms with Gasteiger partial charge in [-0.05, 0) is 24.8 Å². The van der Waals surface area contributed by atoms with Crippen LogP contribution in [-0.2, 0) is 6.54 Å². The molecule has 0 radical (unpaired) electrons. The Kier molecular flexibility index (Phi) is 3.14. The van der Waals surface area contributed by atoms with Crippen LogP contribution < -0.4 is 10.6 Å². The molecule has 0 spiro atoms. The normalized spacial score (nSPS) is 22.1. The van der Waals surface area contributed by atoms with Crippen LogP contribution in [-0.4, -0.2) is 22.8 Å². The highest BCUT2D eigenvalue weighted by atomic mass is 16.4. The van der Waals surface area contributed by atoms with E-state index in [-0.39, 0.29) is 0 Å². The molecule has 1 saturated carbocycles. The largest absolute Gasteiger partial charge is 0.407 e. The Balaban J connectivity index is 1.79. The van der Waals surface area contributed by atoms with Crippen LogP contribution in [0, 0.1) is 5.41 Å². The highest BCUT2D eigenvalue weighted by Crippen LogP contribution is 2.46. The molecule has 0 bridgehead atoms. The van der Waals surface area contributed by atoms with Crippen molar-refractivity contribution in [3.8, 4) is 0 Å². The van der Waals surface area contributed by atoms with Crippen LogP contribution in [0.25, 0.3) is 0 Å². The molecule has 90 valence electrons. The van der Waals surface area contributed by atoms with Gasteiger partial charge in [0, 0.05) is 6.04 Å². The Labute approximate surface area is 96.0 Å². The quantitative estimate of drug-likeness (QED) is 0.721. The summed E-state index contributed by atoms with van der Waals surface area (Å²) in [6, 6.07) is 1.02. The third-order valence-electron chi connectivity index (χ3n) is 2.98. The first kappa shape index (κ1) is 11.4. The molecule has 0 saturated heterocycles. The van der Waals surface area contributed by atoms with Crippen LogP contribution >= 0.6 is 0 Å². The molecule has 1 fully saturated rings. The molecule has 1 unspecified atom stereocenters.